The molecule has 104 valence electrons. The molecular weight excluding hydrogens is 247 g/mol. The van der Waals surface area contributed by atoms with E-state index >= 15 is 0 Å². The van der Waals surface area contributed by atoms with Gasteiger partial charge in [0.15, 0.2) is 0 Å². The first-order valence-corrected chi connectivity index (χ1v) is 6.97. The lowest BCUT2D eigenvalue weighted by Gasteiger charge is -2.18. The second kappa shape index (κ2) is 6.04. The molecule has 2 aromatic rings. The first-order valence-electron chi connectivity index (χ1n) is 6.97. The van der Waals surface area contributed by atoms with Gasteiger partial charge in [0.1, 0.15) is 5.83 Å². The van der Waals surface area contributed by atoms with Crippen LogP contribution in [0, 0.1) is 0 Å². The van der Waals surface area contributed by atoms with Crippen molar-refractivity contribution in [3.63, 3.8) is 0 Å². The molecule has 2 aromatic carbocycles. The summed E-state index contributed by atoms with van der Waals surface area (Å²) in [6.45, 7) is 6.47. The fraction of sp³-hybridized carbons (Fsp3) is 0.263. The molecule has 20 heavy (non-hydrogen) atoms. The molecular formula is C19H21F. The van der Waals surface area contributed by atoms with Crippen molar-refractivity contribution in [2.75, 3.05) is 0 Å². The predicted octanol–water partition coefficient (Wildman–Crippen LogP) is 5.54. The van der Waals surface area contributed by atoms with Crippen LogP contribution in [0.25, 0.3) is 5.83 Å². The SMILES string of the molecule is CC(C)(C)c1ccc(/C(F)=C/Cc2ccccc2)cc1. The number of rotatable bonds is 3. The summed E-state index contributed by atoms with van der Waals surface area (Å²) >= 11 is 0. The second-order valence-electron chi connectivity index (χ2n) is 6.07. The summed E-state index contributed by atoms with van der Waals surface area (Å²) in [7, 11) is 0. The molecule has 0 bridgehead atoms. The van der Waals surface area contributed by atoms with Crippen molar-refractivity contribution in [3.8, 4) is 0 Å². The van der Waals surface area contributed by atoms with Crippen LogP contribution in [-0.2, 0) is 11.8 Å². The van der Waals surface area contributed by atoms with Crippen LogP contribution in [0.5, 0.6) is 0 Å². The van der Waals surface area contributed by atoms with Gasteiger partial charge in [-0.2, -0.15) is 0 Å². The van der Waals surface area contributed by atoms with Crippen LogP contribution in [0.15, 0.2) is 60.7 Å². The summed E-state index contributed by atoms with van der Waals surface area (Å²) in [4.78, 5) is 0. The lowest BCUT2D eigenvalue weighted by molar-refractivity contribution is 0.590. The highest BCUT2D eigenvalue weighted by molar-refractivity contribution is 5.59. The van der Waals surface area contributed by atoms with E-state index in [1.165, 1.54) is 5.56 Å². The molecule has 0 fully saturated rings. The number of benzene rings is 2. The molecule has 0 spiro atoms. The van der Waals surface area contributed by atoms with Crippen LogP contribution in [0.4, 0.5) is 4.39 Å². The quantitative estimate of drug-likeness (QED) is 0.686. The molecule has 0 aliphatic rings. The van der Waals surface area contributed by atoms with Crippen molar-refractivity contribution >= 4 is 5.83 Å². The zero-order valence-electron chi connectivity index (χ0n) is 12.4. The van der Waals surface area contributed by atoms with Gasteiger partial charge in [-0.15, -0.1) is 0 Å². The minimum atomic E-state index is -0.158. The number of halogens is 1. The normalized spacial score (nSPS) is 12.5. The Bertz CT molecular complexity index is 571. The number of hydrogen-bond donors (Lipinski definition) is 0. The molecule has 2 rings (SSSR count). The third-order valence-corrected chi connectivity index (χ3v) is 3.39. The van der Waals surface area contributed by atoms with Crippen LogP contribution in [0.2, 0.25) is 0 Å². The van der Waals surface area contributed by atoms with E-state index in [1.807, 2.05) is 54.6 Å². The predicted molar refractivity (Wildman–Crippen MR) is 84.4 cm³/mol. The van der Waals surface area contributed by atoms with Gasteiger partial charge >= 0.3 is 0 Å². The van der Waals surface area contributed by atoms with Gasteiger partial charge in [-0.3, -0.25) is 0 Å². The Balaban J connectivity index is 2.11. The van der Waals surface area contributed by atoms with E-state index in [4.69, 9.17) is 0 Å². The van der Waals surface area contributed by atoms with Crippen molar-refractivity contribution in [2.24, 2.45) is 0 Å². The van der Waals surface area contributed by atoms with Crippen molar-refractivity contribution in [1.29, 1.82) is 0 Å². The highest BCUT2D eigenvalue weighted by atomic mass is 19.1. The van der Waals surface area contributed by atoms with Gasteiger partial charge in [-0.25, -0.2) is 4.39 Å². The topological polar surface area (TPSA) is 0 Å². The molecule has 0 radical (unpaired) electrons. The Morgan fingerprint density at radius 3 is 2.10 bits per heavy atom. The van der Waals surface area contributed by atoms with E-state index in [0.29, 0.717) is 12.0 Å². The van der Waals surface area contributed by atoms with Crippen LogP contribution in [0.3, 0.4) is 0 Å². The molecule has 0 amide bonds. The van der Waals surface area contributed by atoms with E-state index in [0.717, 1.165) is 5.56 Å². The maximum Gasteiger partial charge on any atom is 0.126 e. The average molecular weight is 268 g/mol. The fourth-order valence-corrected chi connectivity index (χ4v) is 2.07. The van der Waals surface area contributed by atoms with Crippen LogP contribution >= 0.6 is 0 Å². The molecule has 0 heterocycles. The summed E-state index contributed by atoms with van der Waals surface area (Å²) in [5.41, 5.74) is 3.09. The maximum atomic E-state index is 14.1. The van der Waals surface area contributed by atoms with Crippen molar-refractivity contribution in [3.05, 3.63) is 77.4 Å². The second-order valence-corrected chi connectivity index (χ2v) is 6.07. The average Bonchev–Trinajstić information content (AvgIpc) is 2.45. The number of hydrogen-bond acceptors (Lipinski definition) is 0. The van der Waals surface area contributed by atoms with Gasteiger partial charge in [0.25, 0.3) is 0 Å². The molecule has 0 saturated heterocycles. The summed E-state index contributed by atoms with van der Waals surface area (Å²) in [5, 5.41) is 0. The maximum absolute atomic E-state index is 14.1. The molecule has 1 heteroatoms. The monoisotopic (exact) mass is 268 g/mol. The largest absolute Gasteiger partial charge is 0.207 e. The summed E-state index contributed by atoms with van der Waals surface area (Å²) in [5.74, 6) is -0.158. The van der Waals surface area contributed by atoms with Crippen LogP contribution < -0.4 is 0 Å². The minimum Gasteiger partial charge on any atom is -0.207 e. The minimum absolute atomic E-state index is 0.1000. The molecule has 0 aliphatic carbocycles. The molecule has 0 saturated carbocycles. The highest BCUT2D eigenvalue weighted by Crippen LogP contribution is 2.25. The summed E-state index contributed by atoms with van der Waals surface area (Å²) < 4.78 is 14.1. The van der Waals surface area contributed by atoms with E-state index in [2.05, 4.69) is 20.8 Å². The lowest BCUT2D eigenvalue weighted by atomic mass is 9.86. The Labute approximate surface area is 121 Å². The Morgan fingerprint density at radius 2 is 1.55 bits per heavy atom. The van der Waals surface area contributed by atoms with Gasteiger partial charge in [0, 0.05) is 5.56 Å². The first-order chi connectivity index (χ1) is 9.47. The fourth-order valence-electron chi connectivity index (χ4n) is 2.07. The molecule has 0 atom stereocenters. The van der Waals surface area contributed by atoms with Crippen molar-refractivity contribution < 1.29 is 4.39 Å². The lowest BCUT2D eigenvalue weighted by Crippen LogP contribution is -2.10. The summed E-state index contributed by atoms with van der Waals surface area (Å²) in [6.07, 6.45) is 2.26. The van der Waals surface area contributed by atoms with Crippen LogP contribution in [0.1, 0.15) is 37.5 Å². The Kier molecular flexibility index (Phi) is 4.39. The van der Waals surface area contributed by atoms with Gasteiger partial charge in [-0.1, -0.05) is 75.4 Å². The van der Waals surface area contributed by atoms with Gasteiger partial charge < -0.3 is 0 Å². The zero-order valence-corrected chi connectivity index (χ0v) is 12.4. The summed E-state index contributed by atoms with van der Waals surface area (Å²) in [6, 6.07) is 17.7. The molecule has 0 nitrogen and oxygen atoms in total. The Hall–Kier alpha value is -1.89. The van der Waals surface area contributed by atoms with Crippen LogP contribution in [-0.4, -0.2) is 0 Å². The molecule has 0 unspecified atom stereocenters. The Morgan fingerprint density at radius 1 is 0.950 bits per heavy atom. The van der Waals surface area contributed by atoms with Crippen molar-refractivity contribution in [2.45, 2.75) is 32.6 Å². The molecule has 0 N–H and O–H groups in total. The zero-order chi connectivity index (χ0) is 14.6. The highest BCUT2D eigenvalue weighted by Gasteiger charge is 2.13. The standard InChI is InChI=1S/C19H21F/c1-19(2,3)17-12-10-16(11-13-17)18(20)14-9-15-7-5-4-6-8-15/h4-8,10-14H,9H2,1-3H3/b18-14-. The van der Waals surface area contributed by atoms with E-state index in [9.17, 15) is 4.39 Å². The number of allylic oxidation sites excluding steroid dienone is 1. The van der Waals surface area contributed by atoms with E-state index in [-0.39, 0.29) is 11.2 Å². The van der Waals surface area contributed by atoms with Gasteiger partial charge in [0.2, 0.25) is 0 Å². The van der Waals surface area contributed by atoms with Gasteiger partial charge in [0.05, 0.1) is 0 Å². The molecule has 0 aromatic heterocycles. The smallest absolute Gasteiger partial charge is 0.126 e. The first kappa shape index (κ1) is 14.5. The van der Waals surface area contributed by atoms with Gasteiger partial charge in [-0.05, 0) is 29.0 Å². The van der Waals surface area contributed by atoms with E-state index < -0.39 is 0 Å². The molecule has 0 aliphatic heterocycles. The third-order valence-electron chi connectivity index (χ3n) is 3.39. The third kappa shape index (κ3) is 3.80. The van der Waals surface area contributed by atoms with Crippen molar-refractivity contribution in [1.82, 2.24) is 0 Å². The van der Waals surface area contributed by atoms with E-state index in [1.54, 1.807) is 6.08 Å².